The second-order valence-electron chi connectivity index (χ2n) is 1.71. The van der Waals surface area contributed by atoms with Gasteiger partial charge in [-0.1, -0.05) is 12.2 Å². The number of allylic oxidation sites excluding steroid dienone is 2. The van der Waals surface area contributed by atoms with Crippen LogP contribution >= 0.6 is 0 Å². The lowest BCUT2D eigenvalue weighted by molar-refractivity contribution is 0.186. The second kappa shape index (κ2) is 521. The monoisotopic (exact) mass is 348 g/mol. The Labute approximate surface area is 152 Å². The van der Waals surface area contributed by atoms with E-state index >= 15 is 0 Å². The molecule has 0 spiro atoms. The van der Waals surface area contributed by atoms with E-state index < -0.39 is 0 Å². The first-order valence-electron chi connectivity index (χ1n) is 6.74. The molecule has 0 fully saturated rings. The van der Waals surface area contributed by atoms with E-state index in [-0.39, 0.29) is 26.4 Å². The summed E-state index contributed by atoms with van der Waals surface area (Å²) in [4.78, 5) is 0. The molecule has 0 heterocycles. The van der Waals surface area contributed by atoms with Crippen LogP contribution in [0.4, 0.5) is 0 Å². The molecule has 4 nitrogen and oxygen atoms in total. The normalized spacial score (nSPS) is 4.42. The molecule has 0 amide bonds. The van der Waals surface area contributed by atoms with Gasteiger partial charge in [0, 0.05) is 0 Å². The van der Waals surface area contributed by atoms with Gasteiger partial charge in [-0.2, -0.15) is 0 Å². The van der Waals surface area contributed by atoms with Crippen molar-refractivity contribution in [2.24, 2.45) is 0 Å². The SMILES string of the molecule is C=C.C=C.C=C.C=C.C=C.C=CC.C=CC.OCCO.OCCO. The van der Waals surface area contributed by atoms with Crippen molar-refractivity contribution in [3.05, 3.63) is 91.1 Å². The smallest absolute Gasteiger partial charge is 0.0662 e. The van der Waals surface area contributed by atoms with Crippen LogP contribution in [0.1, 0.15) is 13.8 Å². The van der Waals surface area contributed by atoms with Gasteiger partial charge in [-0.3, -0.25) is 0 Å². The van der Waals surface area contributed by atoms with E-state index in [1.807, 2.05) is 13.8 Å². The zero-order valence-corrected chi connectivity index (χ0v) is 16.3. The summed E-state index contributed by atoms with van der Waals surface area (Å²) in [5.41, 5.74) is 0. The van der Waals surface area contributed by atoms with Crippen LogP contribution in [0.3, 0.4) is 0 Å². The largest absolute Gasteiger partial charge is 0.394 e. The third-order valence-corrected chi connectivity index (χ3v) is 0.200. The second-order valence-corrected chi connectivity index (χ2v) is 1.71. The van der Waals surface area contributed by atoms with Crippen molar-refractivity contribution in [1.82, 2.24) is 0 Å². The molecule has 0 aromatic heterocycles. The molecule has 4 N–H and O–H groups in total. The minimum atomic E-state index is -0.125. The van der Waals surface area contributed by atoms with E-state index in [9.17, 15) is 0 Å². The first-order chi connectivity index (χ1) is 11.7. The fourth-order valence-electron chi connectivity index (χ4n) is 0. The summed E-state index contributed by atoms with van der Waals surface area (Å²) < 4.78 is 0. The lowest BCUT2D eigenvalue weighted by Crippen LogP contribution is -1.85. The van der Waals surface area contributed by atoms with Gasteiger partial charge in [-0.05, 0) is 13.8 Å². The first-order valence-corrected chi connectivity index (χ1v) is 6.74. The minimum absolute atomic E-state index is 0.125. The van der Waals surface area contributed by atoms with Crippen LogP contribution in [0.2, 0.25) is 0 Å². The van der Waals surface area contributed by atoms with Gasteiger partial charge in [0.2, 0.25) is 0 Å². The zero-order valence-electron chi connectivity index (χ0n) is 16.3. The van der Waals surface area contributed by atoms with Crippen molar-refractivity contribution in [1.29, 1.82) is 0 Å². The van der Waals surface area contributed by atoms with Crippen LogP contribution in [-0.4, -0.2) is 46.9 Å². The number of aliphatic hydroxyl groups is 4. The topological polar surface area (TPSA) is 80.9 Å². The third kappa shape index (κ3) is 18100000. The van der Waals surface area contributed by atoms with Crippen LogP contribution in [0.25, 0.3) is 0 Å². The Morgan fingerprint density at radius 3 is 0.500 bits per heavy atom. The number of aliphatic hydroxyl groups excluding tert-OH is 4. The van der Waals surface area contributed by atoms with Gasteiger partial charge >= 0.3 is 0 Å². The highest BCUT2D eigenvalue weighted by Crippen LogP contribution is 1.40. The molecule has 0 bridgehead atoms. The molecule has 0 radical (unpaired) electrons. The summed E-state index contributed by atoms with van der Waals surface area (Å²) >= 11 is 0. The quantitative estimate of drug-likeness (QED) is 0.560. The lowest BCUT2D eigenvalue weighted by atomic mass is 10.8. The molecule has 148 valence electrons. The molecular formula is C20H44O4. The maximum Gasteiger partial charge on any atom is 0.0662 e. The highest BCUT2D eigenvalue weighted by Gasteiger charge is 1.58. The number of hydrogen-bond donors (Lipinski definition) is 4. The molecule has 0 aliphatic heterocycles. The van der Waals surface area contributed by atoms with Gasteiger partial charge in [-0.15, -0.1) is 78.9 Å². The zero-order chi connectivity index (χ0) is 22.2. The van der Waals surface area contributed by atoms with Crippen molar-refractivity contribution in [2.75, 3.05) is 26.4 Å². The maximum absolute atomic E-state index is 7.62. The fourth-order valence-corrected chi connectivity index (χ4v) is 0. The fraction of sp³-hybridized carbons (Fsp3) is 0.300. The molecule has 0 saturated heterocycles. The average Bonchev–Trinajstić information content (AvgIpc) is 2.71. The summed E-state index contributed by atoms with van der Waals surface area (Å²) in [6.07, 6.45) is 3.50. The summed E-state index contributed by atoms with van der Waals surface area (Å²) in [6, 6.07) is 0. The van der Waals surface area contributed by atoms with Gasteiger partial charge in [0.15, 0.2) is 0 Å². The molecule has 24 heavy (non-hydrogen) atoms. The lowest BCUT2D eigenvalue weighted by Gasteiger charge is -1.70. The van der Waals surface area contributed by atoms with E-state index in [1.165, 1.54) is 0 Å². The molecule has 0 unspecified atom stereocenters. The summed E-state index contributed by atoms with van der Waals surface area (Å²) in [5.74, 6) is 0. The molecule has 0 rings (SSSR count). The highest BCUT2D eigenvalue weighted by atomic mass is 16.3. The summed E-state index contributed by atoms with van der Waals surface area (Å²) in [5, 5.41) is 30.5. The molecule has 0 aliphatic rings. The van der Waals surface area contributed by atoms with E-state index in [4.69, 9.17) is 20.4 Å². The number of rotatable bonds is 2. The van der Waals surface area contributed by atoms with E-state index in [0.29, 0.717) is 0 Å². The van der Waals surface area contributed by atoms with E-state index in [2.05, 4.69) is 78.9 Å². The van der Waals surface area contributed by atoms with Crippen molar-refractivity contribution in [2.45, 2.75) is 13.8 Å². The van der Waals surface area contributed by atoms with Gasteiger partial charge in [-0.25, -0.2) is 0 Å². The Kier molecular flexibility index (Phi) is 1250. The Morgan fingerprint density at radius 2 is 0.500 bits per heavy atom. The minimum Gasteiger partial charge on any atom is -0.394 e. The maximum atomic E-state index is 7.62. The Balaban J connectivity index is -0.0000000154. The highest BCUT2D eigenvalue weighted by molar-refractivity contribution is 4.52. The molecule has 0 aliphatic carbocycles. The Bertz CT molecular complexity index is 103. The molecule has 4 heteroatoms. The molecular weight excluding hydrogens is 304 g/mol. The molecule has 0 saturated carbocycles. The first kappa shape index (κ1) is 57.4. The number of hydrogen-bond acceptors (Lipinski definition) is 4. The molecule has 0 aromatic carbocycles. The van der Waals surface area contributed by atoms with Crippen LogP contribution in [0.5, 0.6) is 0 Å². The predicted octanol–water partition coefficient (Wildman–Crippen LogP) is 4.34. The Morgan fingerprint density at radius 1 is 0.458 bits per heavy atom. The summed E-state index contributed by atoms with van der Waals surface area (Å²) in [6.45, 7) is 40.0. The van der Waals surface area contributed by atoms with E-state index in [0.717, 1.165) is 0 Å². The standard InChI is InChI=1S/2C3H6.2C2H6O2.5C2H4/c2*1-3-2;2*3-1-2-4;5*1-2/h2*3H,1H2,2H3;2*3-4H,1-2H2;5*1-2H2. The van der Waals surface area contributed by atoms with E-state index in [1.54, 1.807) is 12.2 Å². The van der Waals surface area contributed by atoms with Crippen LogP contribution in [-0.2, 0) is 0 Å². The van der Waals surface area contributed by atoms with Crippen molar-refractivity contribution >= 4 is 0 Å². The van der Waals surface area contributed by atoms with Crippen LogP contribution in [0, 0.1) is 0 Å². The molecule has 0 aromatic rings. The van der Waals surface area contributed by atoms with Gasteiger partial charge < -0.3 is 20.4 Å². The van der Waals surface area contributed by atoms with Crippen molar-refractivity contribution in [3.63, 3.8) is 0 Å². The molecule has 0 atom stereocenters. The Hall–Kier alpha value is -1.98. The predicted molar refractivity (Wildman–Crippen MR) is 116 cm³/mol. The average molecular weight is 349 g/mol. The van der Waals surface area contributed by atoms with Crippen molar-refractivity contribution < 1.29 is 20.4 Å². The van der Waals surface area contributed by atoms with Crippen molar-refractivity contribution in [3.8, 4) is 0 Å². The van der Waals surface area contributed by atoms with Gasteiger partial charge in [0.05, 0.1) is 26.4 Å². The van der Waals surface area contributed by atoms with Gasteiger partial charge in [0.1, 0.15) is 0 Å². The van der Waals surface area contributed by atoms with Crippen LogP contribution in [0.15, 0.2) is 91.1 Å². The summed E-state index contributed by atoms with van der Waals surface area (Å²) in [7, 11) is 0. The third-order valence-electron chi connectivity index (χ3n) is 0.200. The van der Waals surface area contributed by atoms with Gasteiger partial charge in [0.25, 0.3) is 0 Å². The van der Waals surface area contributed by atoms with Crippen LogP contribution < -0.4 is 0 Å².